The summed E-state index contributed by atoms with van der Waals surface area (Å²) < 4.78 is 13.3. The first kappa shape index (κ1) is 12.8. The van der Waals surface area contributed by atoms with Crippen molar-refractivity contribution in [3.63, 3.8) is 0 Å². The second kappa shape index (κ2) is 5.78. The zero-order chi connectivity index (χ0) is 13.0. The van der Waals surface area contributed by atoms with Crippen molar-refractivity contribution in [2.24, 2.45) is 5.73 Å². The zero-order valence-electron chi connectivity index (χ0n) is 10.6. The maximum Gasteiger partial charge on any atom is 0.123 e. The first-order valence-electron chi connectivity index (χ1n) is 6.20. The average Bonchev–Trinajstić information content (AvgIpc) is 2.41. The lowest BCUT2D eigenvalue weighted by atomic mass is 9.90. The largest absolute Gasteiger partial charge is 0.330 e. The minimum Gasteiger partial charge on any atom is -0.330 e. The van der Waals surface area contributed by atoms with Crippen molar-refractivity contribution in [2.45, 2.75) is 19.3 Å². The molecule has 94 valence electrons. The maximum absolute atomic E-state index is 13.3. The fourth-order valence-corrected chi connectivity index (χ4v) is 2.19. The summed E-state index contributed by atoms with van der Waals surface area (Å²) in [6.45, 7) is 2.58. The van der Waals surface area contributed by atoms with Crippen LogP contribution in [-0.2, 0) is 6.42 Å². The number of hydrogen-bond donors (Lipinski definition) is 1. The van der Waals surface area contributed by atoms with E-state index in [9.17, 15) is 4.39 Å². The van der Waals surface area contributed by atoms with E-state index < -0.39 is 0 Å². The lowest BCUT2D eigenvalue weighted by Crippen LogP contribution is -2.15. The predicted molar refractivity (Wildman–Crippen MR) is 73.1 cm³/mol. The van der Waals surface area contributed by atoms with Gasteiger partial charge in [-0.05, 0) is 48.7 Å². The molecule has 0 fully saturated rings. The molecule has 18 heavy (non-hydrogen) atoms. The number of hydrogen-bond acceptors (Lipinski definition) is 1. The van der Waals surface area contributed by atoms with Gasteiger partial charge in [-0.1, -0.05) is 36.4 Å². The van der Waals surface area contributed by atoms with Gasteiger partial charge >= 0.3 is 0 Å². The van der Waals surface area contributed by atoms with Crippen molar-refractivity contribution >= 4 is 0 Å². The highest BCUT2D eigenvalue weighted by Crippen LogP contribution is 2.22. The van der Waals surface area contributed by atoms with Crippen LogP contribution in [0.3, 0.4) is 0 Å². The molecule has 2 aromatic rings. The lowest BCUT2D eigenvalue weighted by molar-refractivity contribution is 0.619. The topological polar surface area (TPSA) is 26.0 Å². The molecule has 0 aromatic heterocycles. The molecule has 2 N–H and O–H groups in total. The van der Waals surface area contributed by atoms with E-state index in [-0.39, 0.29) is 11.7 Å². The van der Waals surface area contributed by atoms with Crippen LogP contribution >= 0.6 is 0 Å². The number of rotatable bonds is 4. The Kier molecular flexibility index (Phi) is 4.11. The summed E-state index contributed by atoms with van der Waals surface area (Å²) >= 11 is 0. The summed E-state index contributed by atoms with van der Waals surface area (Å²) in [6.07, 6.45) is 0.782. The van der Waals surface area contributed by atoms with E-state index in [0.717, 1.165) is 17.5 Å². The standard InChI is InChI=1S/C16H18FN/c1-12-7-8-16(17)10-14(12)9-15(11-18)13-5-3-2-4-6-13/h2-8,10,15H,9,11,18H2,1H3. The fourth-order valence-electron chi connectivity index (χ4n) is 2.19. The molecule has 0 saturated heterocycles. The Hall–Kier alpha value is -1.67. The van der Waals surface area contributed by atoms with Crippen LogP contribution in [0.4, 0.5) is 4.39 Å². The van der Waals surface area contributed by atoms with Gasteiger partial charge in [0, 0.05) is 5.92 Å². The van der Waals surface area contributed by atoms with Crippen LogP contribution in [0.1, 0.15) is 22.6 Å². The van der Waals surface area contributed by atoms with Crippen molar-refractivity contribution < 1.29 is 4.39 Å². The quantitative estimate of drug-likeness (QED) is 0.874. The second-order valence-corrected chi connectivity index (χ2v) is 4.62. The molecule has 2 aromatic carbocycles. The van der Waals surface area contributed by atoms with E-state index in [4.69, 9.17) is 5.73 Å². The summed E-state index contributed by atoms with van der Waals surface area (Å²) in [5, 5.41) is 0. The van der Waals surface area contributed by atoms with Gasteiger partial charge in [-0.2, -0.15) is 0 Å². The molecule has 0 bridgehead atoms. The van der Waals surface area contributed by atoms with Crippen molar-refractivity contribution in [3.8, 4) is 0 Å². The van der Waals surface area contributed by atoms with Crippen molar-refractivity contribution in [1.82, 2.24) is 0 Å². The molecule has 2 heteroatoms. The lowest BCUT2D eigenvalue weighted by Gasteiger charge is -2.16. The van der Waals surface area contributed by atoms with Gasteiger partial charge in [0.2, 0.25) is 0 Å². The number of halogens is 1. The Morgan fingerprint density at radius 2 is 1.83 bits per heavy atom. The molecular weight excluding hydrogens is 225 g/mol. The van der Waals surface area contributed by atoms with E-state index in [1.54, 1.807) is 6.07 Å². The third-order valence-corrected chi connectivity index (χ3v) is 3.33. The summed E-state index contributed by atoms with van der Waals surface area (Å²) in [4.78, 5) is 0. The average molecular weight is 243 g/mol. The molecule has 0 aliphatic heterocycles. The van der Waals surface area contributed by atoms with E-state index >= 15 is 0 Å². The van der Waals surface area contributed by atoms with E-state index in [2.05, 4.69) is 12.1 Å². The Morgan fingerprint density at radius 1 is 1.11 bits per heavy atom. The predicted octanol–water partition coefficient (Wildman–Crippen LogP) is 3.42. The minimum atomic E-state index is -0.181. The van der Waals surface area contributed by atoms with E-state index in [1.165, 1.54) is 11.6 Å². The van der Waals surface area contributed by atoms with Gasteiger partial charge in [0.1, 0.15) is 5.82 Å². The molecule has 0 aliphatic carbocycles. The highest BCUT2D eigenvalue weighted by molar-refractivity contribution is 5.30. The zero-order valence-corrected chi connectivity index (χ0v) is 10.6. The Morgan fingerprint density at radius 3 is 2.50 bits per heavy atom. The van der Waals surface area contributed by atoms with Crippen LogP contribution in [0.2, 0.25) is 0 Å². The molecule has 0 aliphatic rings. The summed E-state index contributed by atoms with van der Waals surface area (Å²) in [6, 6.07) is 15.1. The van der Waals surface area contributed by atoms with Gasteiger partial charge < -0.3 is 5.73 Å². The van der Waals surface area contributed by atoms with Gasteiger partial charge in [0.05, 0.1) is 0 Å². The van der Waals surface area contributed by atoms with Crippen LogP contribution in [0, 0.1) is 12.7 Å². The van der Waals surface area contributed by atoms with Crippen LogP contribution < -0.4 is 5.73 Å². The molecule has 1 atom stereocenters. The van der Waals surface area contributed by atoms with Crippen molar-refractivity contribution in [3.05, 3.63) is 71.0 Å². The Bertz CT molecular complexity index is 508. The van der Waals surface area contributed by atoms with Gasteiger partial charge in [0.25, 0.3) is 0 Å². The first-order valence-corrected chi connectivity index (χ1v) is 6.20. The highest BCUT2D eigenvalue weighted by Gasteiger charge is 2.12. The fraction of sp³-hybridized carbons (Fsp3) is 0.250. The molecule has 0 heterocycles. The Labute approximate surface area is 107 Å². The van der Waals surface area contributed by atoms with Crippen molar-refractivity contribution in [2.75, 3.05) is 6.54 Å². The molecule has 2 rings (SSSR count). The van der Waals surface area contributed by atoms with Gasteiger partial charge in [-0.15, -0.1) is 0 Å². The minimum absolute atomic E-state index is 0.181. The van der Waals surface area contributed by atoms with Crippen LogP contribution in [0.25, 0.3) is 0 Å². The van der Waals surface area contributed by atoms with Crippen LogP contribution in [-0.4, -0.2) is 6.54 Å². The van der Waals surface area contributed by atoms with E-state index in [0.29, 0.717) is 6.54 Å². The first-order chi connectivity index (χ1) is 8.70. The van der Waals surface area contributed by atoms with Crippen LogP contribution in [0.15, 0.2) is 48.5 Å². The Balaban J connectivity index is 2.23. The normalized spacial score (nSPS) is 12.4. The SMILES string of the molecule is Cc1ccc(F)cc1CC(CN)c1ccccc1. The third kappa shape index (κ3) is 2.96. The summed E-state index contributed by atoms with van der Waals surface area (Å²) in [7, 11) is 0. The molecule has 0 spiro atoms. The number of aryl methyl sites for hydroxylation is 1. The number of benzene rings is 2. The molecule has 0 amide bonds. The molecule has 1 unspecified atom stereocenters. The number of nitrogens with two attached hydrogens (primary N) is 1. The smallest absolute Gasteiger partial charge is 0.123 e. The second-order valence-electron chi connectivity index (χ2n) is 4.62. The summed E-state index contributed by atoms with van der Waals surface area (Å²) in [5.41, 5.74) is 9.21. The van der Waals surface area contributed by atoms with E-state index in [1.807, 2.05) is 31.2 Å². The van der Waals surface area contributed by atoms with Gasteiger partial charge in [-0.25, -0.2) is 4.39 Å². The van der Waals surface area contributed by atoms with Gasteiger partial charge in [-0.3, -0.25) is 0 Å². The maximum atomic E-state index is 13.3. The highest BCUT2D eigenvalue weighted by atomic mass is 19.1. The van der Waals surface area contributed by atoms with Crippen LogP contribution in [0.5, 0.6) is 0 Å². The molecule has 0 radical (unpaired) electrons. The molecular formula is C16H18FN. The third-order valence-electron chi connectivity index (χ3n) is 3.33. The molecule has 1 nitrogen and oxygen atoms in total. The van der Waals surface area contributed by atoms with Crippen molar-refractivity contribution in [1.29, 1.82) is 0 Å². The monoisotopic (exact) mass is 243 g/mol. The van der Waals surface area contributed by atoms with Gasteiger partial charge in [0.15, 0.2) is 0 Å². The molecule has 0 saturated carbocycles. The summed E-state index contributed by atoms with van der Waals surface area (Å²) in [5.74, 6) is 0.0612.